The van der Waals surface area contributed by atoms with Gasteiger partial charge >= 0.3 is 7.82 Å². The highest BCUT2D eigenvalue weighted by Crippen LogP contribution is 2.45. The average molecular weight is 547 g/mol. The minimum Gasteiger partial charge on any atom is -0.302 e. The fourth-order valence-corrected chi connectivity index (χ4v) is 6.08. The Kier molecular flexibility index (Phi) is 27.8. The van der Waals surface area contributed by atoms with Gasteiger partial charge in [0.05, 0.1) is 13.2 Å². The Hall–Kier alpha value is 0.110. The van der Waals surface area contributed by atoms with Crippen molar-refractivity contribution in [2.75, 3.05) is 13.2 Å². The van der Waals surface area contributed by atoms with Gasteiger partial charge in [-0.05, 0) is 37.5 Å². The topological polar surface area (TPSA) is 55.8 Å². The predicted octanol–water partition coefficient (Wildman–Crippen LogP) is 11.8. The highest BCUT2D eigenvalue weighted by molar-refractivity contribution is 7.47. The van der Waals surface area contributed by atoms with E-state index in [0.717, 1.165) is 25.7 Å². The molecule has 0 aromatic carbocycles. The minimum atomic E-state index is -4.00. The summed E-state index contributed by atoms with van der Waals surface area (Å²) in [5, 5.41) is 0. The number of hydrogen-bond donors (Lipinski definition) is 1. The van der Waals surface area contributed by atoms with Gasteiger partial charge < -0.3 is 4.89 Å². The van der Waals surface area contributed by atoms with Crippen LogP contribution >= 0.6 is 7.82 Å². The van der Waals surface area contributed by atoms with Crippen molar-refractivity contribution < 1.29 is 18.5 Å². The van der Waals surface area contributed by atoms with Crippen molar-refractivity contribution in [2.24, 2.45) is 11.8 Å². The first kappa shape index (κ1) is 37.1. The van der Waals surface area contributed by atoms with Crippen LogP contribution < -0.4 is 0 Å². The minimum absolute atomic E-state index is 0.355. The molecule has 4 nitrogen and oxygen atoms in total. The standard InChI is InChI=1S/C32H67O4P/c1-5-9-13-17-19-23-27-31(25-21-15-11-7-3)29-35-37(33,34)36-30-32(26-22-16-12-8-4)28-24-20-18-14-10-6-2/h31-32H,5-30H2,1-4H3,(H,33,34). The van der Waals surface area contributed by atoms with E-state index in [1.807, 2.05) is 0 Å². The first-order valence-electron chi connectivity index (χ1n) is 16.6. The Balaban J connectivity index is 4.57. The summed E-state index contributed by atoms with van der Waals surface area (Å²) in [5.74, 6) is 0.722. The molecule has 0 aromatic heterocycles. The van der Waals surface area contributed by atoms with Gasteiger partial charge in [0.15, 0.2) is 0 Å². The summed E-state index contributed by atoms with van der Waals surface area (Å²) in [6.07, 6.45) is 29.6. The molecule has 5 heteroatoms. The second-order valence-corrected chi connectivity index (χ2v) is 13.1. The molecule has 0 radical (unpaired) electrons. The maximum atomic E-state index is 12.8. The fraction of sp³-hybridized carbons (Fsp3) is 1.00. The molecule has 0 fully saturated rings. The maximum absolute atomic E-state index is 12.8. The lowest BCUT2D eigenvalue weighted by Crippen LogP contribution is -2.13. The van der Waals surface area contributed by atoms with E-state index < -0.39 is 7.82 Å². The summed E-state index contributed by atoms with van der Waals surface area (Å²) in [4.78, 5) is 10.5. The molecule has 0 saturated carbocycles. The molecule has 2 unspecified atom stereocenters. The van der Waals surface area contributed by atoms with Crippen molar-refractivity contribution in [2.45, 2.75) is 182 Å². The van der Waals surface area contributed by atoms with Crippen molar-refractivity contribution in [3.05, 3.63) is 0 Å². The third kappa shape index (κ3) is 26.1. The largest absolute Gasteiger partial charge is 0.472 e. The second-order valence-electron chi connectivity index (χ2n) is 11.6. The number of phosphoric acid groups is 1. The molecule has 1 N–H and O–H groups in total. The molecule has 0 spiro atoms. The quantitative estimate of drug-likeness (QED) is 0.0719. The van der Waals surface area contributed by atoms with E-state index in [4.69, 9.17) is 9.05 Å². The van der Waals surface area contributed by atoms with Crippen molar-refractivity contribution in [3.63, 3.8) is 0 Å². The average Bonchev–Trinajstić information content (AvgIpc) is 2.89. The van der Waals surface area contributed by atoms with Gasteiger partial charge in [-0.15, -0.1) is 0 Å². The molecular formula is C32H67O4P. The third-order valence-corrected chi connectivity index (χ3v) is 8.76. The van der Waals surface area contributed by atoms with Crippen LogP contribution in [0.2, 0.25) is 0 Å². The first-order chi connectivity index (χ1) is 18.0. The van der Waals surface area contributed by atoms with Crippen molar-refractivity contribution in [1.29, 1.82) is 0 Å². The zero-order valence-corrected chi connectivity index (χ0v) is 26.6. The van der Waals surface area contributed by atoms with Gasteiger partial charge in [0, 0.05) is 0 Å². The van der Waals surface area contributed by atoms with Gasteiger partial charge in [-0.1, -0.05) is 156 Å². The van der Waals surface area contributed by atoms with Crippen LogP contribution in [0, 0.1) is 11.8 Å². The normalized spacial score (nSPS) is 15.1. The zero-order chi connectivity index (χ0) is 27.5. The lowest BCUT2D eigenvalue weighted by atomic mass is 9.95. The van der Waals surface area contributed by atoms with Gasteiger partial charge in [0.1, 0.15) is 0 Å². The molecule has 0 rings (SSSR count). The van der Waals surface area contributed by atoms with E-state index in [1.54, 1.807) is 0 Å². The number of phosphoric ester groups is 1. The molecule has 0 aliphatic rings. The summed E-state index contributed by atoms with van der Waals surface area (Å²) in [5.41, 5.74) is 0. The number of unbranched alkanes of at least 4 members (excludes halogenated alkanes) is 16. The van der Waals surface area contributed by atoms with Crippen LogP contribution in [0.5, 0.6) is 0 Å². The molecule has 37 heavy (non-hydrogen) atoms. The number of rotatable bonds is 30. The van der Waals surface area contributed by atoms with Gasteiger partial charge in [-0.3, -0.25) is 9.05 Å². The van der Waals surface area contributed by atoms with Crippen LogP contribution in [0.4, 0.5) is 0 Å². The SMILES string of the molecule is CCCCCCCCC(CCCCCC)COP(=O)(O)OCC(CCCCCC)CCCCCCCC. The molecule has 2 atom stereocenters. The highest BCUT2D eigenvalue weighted by Gasteiger charge is 2.25. The van der Waals surface area contributed by atoms with Gasteiger partial charge in [-0.25, -0.2) is 4.57 Å². The Morgan fingerprint density at radius 3 is 1.00 bits per heavy atom. The van der Waals surface area contributed by atoms with Crippen LogP contribution in [0.1, 0.15) is 182 Å². The molecule has 0 aromatic rings. The van der Waals surface area contributed by atoms with Crippen LogP contribution in [0.3, 0.4) is 0 Å². The molecule has 0 saturated heterocycles. The van der Waals surface area contributed by atoms with E-state index in [-0.39, 0.29) is 0 Å². The maximum Gasteiger partial charge on any atom is 0.472 e. The molecule has 0 amide bonds. The van der Waals surface area contributed by atoms with E-state index in [0.29, 0.717) is 25.0 Å². The van der Waals surface area contributed by atoms with Crippen molar-refractivity contribution in [3.8, 4) is 0 Å². The second kappa shape index (κ2) is 27.7. The Bertz CT molecular complexity index is 459. The van der Waals surface area contributed by atoms with Gasteiger partial charge in [0.2, 0.25) is 0 Å². The highest BCUT2D eigenvalue weighted by atomic mass is 31.2. The third-order valence-electron chi connectivity index (χ3n) is 7.81. The Labute approximate surface area is 233 Å². The smallest absolute Gasteiger partial charge is 0.302 e. The summed E-state index contributed by atoms with van der Waals surface area (Å²) < 4.78 is 24.0. The van der Waals surface area contributed by atoms with E-state index in [1.165, 1.54) is 128 Å². The van der Waals surface area contributed by atoms with Crippen molar-refractivity contribution in [1.82, 2.24) is 0 Å². The Morgan fingerprint density at radius 2 is 0.703 bits per heavy atom. The molecule has 0 aliphatic carbocycles. The summed E-state index contributed by atoms with van der Waals surface area (Å²) >= 11 is 0. The van der Waals surface area contributed by atoms with E-state index in [9.17, 15) is 9.46 Å². The summed E-state index contributed by atoms with van der Waals surface area (Å²) in [6, 6.07) is 0. The molecule has 0 heterocycles. The molecule has 224 valence electrons. The van der Waals surface area contributed by atoms with Crippen molar-refractivity contribution >= 4 is 7.82 Å². The van der Waals surface area contributed by atoms with Gasteiger partial charge in [-0.2, -0.15) is 0 Å². The Morgan fingerprint density at radius 1 is 0.459 bits per heavy atom. The van der Waals surface area contributed by atoms with Crippen LogP contribution in [0.15, 0.2) is 0 Å². The van der Waals surface area contributed by atoms with Crippen LogP contribution in [-0.2, 0) is 13.6 Å². The lowest BCUT2D eigenvalue weighted by molar-refractivity contribution is 0.107. The lowest BCUT2D eigenvalue weighted by Gasteiger charge is -2.22. The number of hydrogen-bond acceptors (Lipinski definition) is 3. The molecule has 0 bridgehead atoms. The molecule has 0 aliphatic heterocycles. The van der Waals surface area contributed by atoms with E-state index >= 15 is 0 Å². The van der Waals surface area contributed by atoms with E-state index in [2.05, 4.69) is 27.7 Å². The van der Waals surface area contributed by atoms with Crippen LogP contribution in [-0.4, -0.2) is 18.1 Å². The predicted molar refractivity (Wildman–Crippen MR) is 162 cm³/mol. The zero-order valence-electron chi connectivity index (χ0n) is 25.7. The molecular weight excluding hydrogens is 479 g/mol. The van der Waals surface area contributed by atoms with Gasteiger partial charge in [0.25, 0.3) is 0 Å². The van der Waals surface area contributed by atoms with Crippen LogP contribution in [0.25, 0.3) is 0 Å². The summed E-state index contributed by atoms with van der Waals surface area (Å²) in [7, 11) is -4.00. The first-order valence-corrected chi connectivity index (χ1v) is 18.1. The monoisotopic (exact) mass is 546 g/mol. The summed E-state index contributed by atoms with van der Waals surface area (Å²) in [6.45, 7) is 9.69. The fourth-order valence-electron chi connectivity index (χ4n) is 5.20.